The van der Waals surface area contributed by atoms with Crippen LogP contribution in [0.3, 0.4) is 0 Å². The lowest BCUT2D eigenvalue weighted by Crippen LogP contribution is -2.64. The molecule has 0 amide bonds. The summed E-state index contributed by atoms with van der Waals surface area (Å²) in [6.07, 6.45) is 1.66. The number of ether oxygens (including phenoxy) is 4. The minimum absolute atomic E-state index is 0.177. The molecule has 0 aromatic carbocycles. The summed E-state index contributed by atoms with van der Waals surface area (Å²) in [7, 11) is 0. The van der Waals surface area contributed by atoms with Crippen LogP contribution in [-0.2, 0) is 47.8 Å². The standard InChI is InChI=1S/C16H23NO10/c1-6-7-8-15(23-10(2)18,24-11(3)19)16(25-12(4)20,26-13(5)21)14-9-22-17-27-14/h9,17H,6-8H2,1-5H3. The second-order valence-electron chi connectivity index (χ2n) is 5.63. The zero-order valence-electron chi connectivity index (χ0n) is 15.8. The van der Waals surface area contributed by atoms with Gasteiger partial charge < -0.3 is 28.6 Å². The molecule has 0 aliphatic carbocycles. The largest absolute Gasteiger partial charge is 0.414 e. The molecule has 0 atom stereocenters. The lowest BCUT2D eigenvalue weighted by atomic mass is 9.96. The number of unbranched alkanes of at least 4 members (excludes halogenated alkanes) is 1. The van der Waals surface area contributed by atoms with E-state index in [4.69, 9.17) is 28.6 Å². The van der Waals surface area contributed by atoms with Gasteiger partial charge in [-0.2, -0.15) is 0 Å². The van der Waals surface area contributed by atoms with Gasteiger partial charge in [-0.1, -0.05) is 13.3 Å². The van der Waals surface area contributed by atoms with Gasteiger partial charge in [0.1, 0.15) is 0 Å². The molecule has 11 nitrogen and oxygen atoms in total. The highest BCUT2D eigenvalue weighted by molar-refractivity contribution is 5.72. The maximum absolute atomic E-state index is 11.9. The van der Waals surface area contributed by atoms with Crippen molar-refractivity contribution in [3.63, 3.8) is 0 Å². The Balaban J connectivity index is 3.74. The van der Waals surface area contributed by atoms with E-state index in [2.05, 4.69) is 0 Å². The van der Waals surface area contributed by atoms with Gasteiger partial charge in [-0.25, -0.2) is 0 Å². The van der Waals surface area contributed by atoms with Crippen LogP contribution >= 0.6 is 0 Å². The molecule has 0 radical (unpaired) electrons. The van der Waals surface area contributed by atoms with Crippen LogP contribution in [-0.4, -0.2) is 35.5 Å². The molecule has 0 saturated heterocycles. The molecule has 1 heterocycles. The third-order valence-electron chi connectivity index (χ3n) is 3.24. The van der Waals surface area contributed by atoms with Gasteiger partial charge in [0.15, 0.2) is 6.26 Å². The third-order valence-corrected chi connectivity index (χ3v) is 3.24. The Morgan fingerprint density at radius 2 is 1.41 bits per heavy atom. The number of nitrogens with one attached hydrogen (secondary N) is 1. The number of carbonyl (C=O) groups excluding carboxylic acids is 4. The smallest absolute Gasteiger partial charge is 0.400 e. The third kappa shape index (κ3) is 5.33. The van der Waals surface area contributed by atoms with Crippen molar-refractivity contribution in [3.05, 3.63) is 12.0 Å². The van der Waals surface area contributed by atoms with E-state index in [9.17, 15) is 19.2 Å². The summed E-state index contributed by atoms with van der Waals surface area (Å²) < 4.78 is 21.1. The van der Waals surface area contributed by atoms with Crippen molar-refractivity contribution in [2.24, 2.45) is 0 Å². The summed E-state index contributed by atoms with van der Waals surface area (Å²) in [4.78, 5) is 57.1. The molecule has 152 valence electrons. The van der Waals surface area contributed by atoms with E-state index < -0.39 is 41.2 Å². The van der Waals surface area contributed by atoms with E-state index in [1.54, 1.807) is 0 Å². The Labute approximate surface area is 155 Å². The highest BCUT2D eigenvalue weighted by Gasteiger charge is 2.68. The predicted octanol–water partition coefficient (Wildman–Crippen LogP) is 1.13. The first-order valence-corrected chi connectivity index (χ1v) is 8.15. The molecule has 1 aliphatic rings. The summed E-state index contributed by atoms with van der Waals surface area (Å²) >= 11 is 0. The van der Waals surface area contributed by atoms with E-state index >= 15 is 0 Å². The molecule has 0 aromatic rings. The zero-order valence-corrected chi connectivity index (χ0v) is 15.8. The lowest BCUT2D eigenvalue weighted by Gasteiger charge is -2.44. The molecular weight excluding hydrogens is 366 g/mol. The molecule has 0 bridgehead atoms. The van der Waals surface area contributed by atoms with Crippen molar-refractivity contribution >= 4 is 23.9 Å². The van der Waals surface area contributed by atoms with E-state index in [1.165, 1.54) is 0 Å². The van der Waals surface area contributed by atoms with Crippen LogP contribution in [0.4, 0.5) is 0 Å². The minimum atomic E-state index is -2.58. The topological polar surface area (TPSA) is 136 Å². The molecule has 1 rings (SSSR count). The normalized spacial score (nSPS) is 13.6. The van der Waals surface area contributed by atoms with Gasteiger partial charge in [-0.15, -0.1) is 0 Å². The van der Waals surface area contributed by atoms with Crippen LogP contribution in [0.1, 0.15) is 53.9 Å². The van der Waals surface area contributed by atoms with Gasteiger partial charge >= 0.3 is 35.5 Å². The number of hydrogen-bond acceptors (Lipinski definition) is 11. The first-order valence-electron chi connectivity index (χ1n) is 8.15. The van der Waals surface area contributed by atoms with E-state index in [-0.39, 0.29) is 6.42 Å². The van der Waals surface area contributed by atoms with Crippen molar-refractivity contribution in [2.75, 3.05) is 0 Å². The second-order valence-corrected chi connectivity index (χ2v) is 5.63. The van der Waals surface area contributed by atoms with E-state index in [0.717, 1.165) is 34.0 Å². The number of esters is 4. The Hall–Kier alpha value is -2.82. The second kappa shape index (κ2) is 9.21. The molecule has 0 saturated carbocycles. The summed E-state index contributed by atoms with van der Waals surface area (Å²) in [6.45, 7) is 5.97. The van der Waals surface area contributed by atoms with Crippen molar-refractivity contribution in [3.8, 4) is 0 Å². The fraction of sp³-hybridized carbons (Fsp3) is 0.625. The maximum atomic E-state index is 11.9. The molecule has 0 fully saturated rings. The lowest BCUT2D eigenvalue weighted by molar-refractivity contribution is -0.361. The van der Waals surface area contributed by atoms with Crippen molar-refractivity contribution in [2.45, 2.75) is 65.5 Å². The summed E-state index contributed by atoms with van der Waals surface area (Å²) in [5.41, 5.74) is 2.00. The van der Waals surface area contributed by atoms with Crippen molar-refractivity contribution in [1.82, 2.24) is 5.64 Å². The molecule has 0 aromatic heterocycles. The van der Waals surface area contributed by atoms with Crippen LogP contribution in [0.25, 0.3) is 0 Å². The Bertz CT molecular complexity index is 595. The number of rotatable bonds is 9. The van der Waals surface area contributed by atoms with Gasteiger partial charge in [0.05, 0.1) is 0 Å². The van der Waals surface area contributed by atoms with Crippen molar-refractivity contribution in [1.29, 1.82) is 0 Å². The molecule has 11 heteroatoms. The van der Waals surface area contributed by atoms with E-state index in [0.29, 0.717) is 12.8 Å². The van der Waals surface area contributed by atoms with Crippen LogP contribution < -0.4 is 5.64 Å². The fourth-order valence-electron chi connectivity index (χ4n) is 2.48. The van der Waals surface area contributed by atoms with Crippen LogP contribution in [0.5, 0.6) is 0 Å². The average Bonchev–Trinajstić information content (AvgIpc) is 3.04. The Morgan fingerprint density at radius 1 is 0.926 bits per heavy atom. The number of hydrogen-bond donors (Lipinski definition) is 1. The first kappa shape index (κ1) is 22.2. The summed E-state index contributed by atoms with van der Waals surface area (Å²) in [6, 6.07) is 0. The highest BCUT2D eigenvalue weighted by Crippen LogP contribution is 2.44. The molecule has 27 heavy (non-hydrogen) atoms. The van der Waals surface area contributed by atoms with Gasteiger partial charge in [0, 0.05) is 39.8 Å². The van der Waals surface area contributed by atoms with Gasteiger partial charge in [0.2, 0.25) is 0 Å². The highest BCUT2D eigenvalue weighted by atomic mass is 16.9. The average molecular weight is 389 g/mol. The SMILES string of the molecule is CCCCC(OC(C)=O)(OC(C)=O)C(OC(C)=O)(OC(C)=O)C1=CONO1. The molecule has 0 spiro atoms. The minimum Gasteiger partial charge on any atom is -0.414 e. The van der Waals surface area contributed by atoms with Gasteiger partial charge in [-0.3, -0.25) is 19.2 Å². The quantitative estimate of drug-likeness (QED) is 0.449. The molecule has 1 aliphatic heterocycles. The zero-order chi connectivity index (χ0) is 20.7. The molecule has 0 unspecified atom stereocenters. The first-order chi connectivity index (χ1) is 12.6. The van der Waals surface area contributed by atoms with E-state index in [1.807, 2.05) is 12.6 Å². The molecular formula is C16H23NO10. The van der Waals surface area contributed by atoms with Crippen molar-refractivity contribution < 1.29 is 47.8 Å². The summed E-state index contributed by atoms with van der Waals surface area (Å²) in [5.74, 6) is -9.00. The maximum Gasteiger partial charge on any atom is 0.400 e. The van der Waals surface area contributed by atoms with Crippen LogP contribution in [0.15, 0.2) is 12.0 Å². The van der Waals surface area contributed by atoms with Gasteiger partial charge in [0.25, 0.3) is 5.76 Å². The number of carbonyl (C=O) groups is 4. The molecule has 1 N–H and O–H groups in total. The van der Waals surface area contributed by atoms with Crippen LogP contribution in [0.2, 0.25) is 0 Å². The fourth-order valence-corrected chi connectivity index (χ4v) is 2.48. The van der Waals surface area contributed by atoms with Gasteiger partial charge in [-0.05, 0) is 6.42 Å². The monoisotopic (exact) mass is 389 g/mol. The summed E-state index contributed by atoms with van der Waals surface area (Å²) in [5, 5.41) is 0. The van der Waals surface area contributed by atoms with Crippen LogP contribution in [0, 0.1) is 0 Å². The predicted molar refractivity (Wildman–Crippen MR) is 85.4 cm³/mol. The Morgan fingerprint density at radius 3 is 1.74 bits per heavy atom. The Kier molecular flexibility index (Phi) is 7.58.